The van der Waals surface area contributed by atoms with Crippen molar-refractivity contribution in [1.29, 1.82) is 0 Å². The minimum atomic E-state index is 0.114. The third kappa shape index (κ3) is 3.69. The van der Waals surface area contributed by atoms with Gasteiger partial charge in [-0.05, 0) is 59.7 Å². The molecule has 0 radical (unpaired) electrons. The molecule has 2 nitrogen and oxygen atoms in total. The molecular weight excluding hydrogens is 312 g/mol. The van der Waals surface area contributed by atoms with Crippen LogP contribution >= 0.6 is 27.5 Å². The van der Waals surface area contributed by atoms with Crippen molar-refractivity contribution in [3.8, 4) is 0 Å². The Labute approximate surface area is 123 Å². The van der Waals surface area contributed by atoms with E-state index in [4.69, 9.17) is 11.6 Å². The second-order valence-electron chi connectivity index (χ2n) is 5.42. The fourth-order valence-electron chi connectivity index (χ4n) is 2.46. The van der Waals surface area contributed by atoms with Crippen molar-refractivity contribution in [2.45, 2.75) is 44.7 Å². The number of aromatic nitrogens is 1. The van der Waals surface area contributed by atoms with Crippen LogP contribution in [0.5, 0.6) is 0 Å². The quantitative estimate of drug-likeness (QED) is 0.839. The van der Waals surface area contributed by atoms with Crippen molar-refractivity contribution in [3.05, 3.63) is 28.5 Å². The first-order valence-corrected chi connectivity index (χ1v) is 7.88. The van der Waals surface area contributed by atoms with Crippen LogP contribution in [0.1, 0.15) is 38.3 Å². The van der Waals surface area contributed by atoms with Gasteiger partial charge in [0.05, 0.1) is 5.69 Å². The first kappa shape index (κ1) is 14.3. The van der Waals surface area contributed by atoms with Gasteiger partial charge >= 0.3 is 0 Å². The molecule has 0 spiro atoms. The fraction of sp³-hybridized carbons (Fsp3) is 0.643. The summed E-state index contributed by atoms with van der Waals surface area (Å²) >= 11 is 9.59. The normalized spacial score (nSPS) is 28.3. The van der Waals surface area contributed by atoms with Crippen molar-refractivity contribution in [2.24, 2.45) is 5.92 Å². The van der Waals surface area contributed by atoms with Crippen LogP contribution in [0.3, 0.4) is 0 Å². The van der Waals surface area contributed by atoms with E-state index >= 15 is 0 Å². The van der Waals surface area contributed by atoms with Crippen molar-refractivity contribution in [3.63, 3.8) is 0 Å². The van der Waals surface area contributed by atoms with Gasteiger partial charge in [-0.15, -0.1) is 11.6 Å². The van der Waals surface area contributed by atoms with E-state index in [9.17, 15) is 0 Å². The SMILES string of the molecule is CC1CCC(CCl)(NCc2ccc(Br)cn2)CC1. The van der Waals surface area contributed by atoms with Gasteiger partial charge in [-0.1, -0.05) is 6.92 Å². The molecule has 1 aliphatic rings. The van der Waals surface area contributed by atoms with Gasteiger partial charge in [0.2, 0.25) is 0 Å². The molecule has 0 bridgehead atoms. The Kier molecular flexibility index (Phi) is 5.05. The van der Waals surface area contributed by atoms with Crippen LogP contribution in [0.25, 0.3) is 0 Å². The lowest BCUT2D eigenvalue weighted by molar-refractivity contribution is 0.215. The predicted molar refractivity (Wildman–Crippen MR) is 79.9 cm³/mol. The Morgan fingerprint density at radius 2 is 2.17 bits per heavy atom. The van der Waals surface area contributed by atoms with Crippen LogP contribution in [0.4, 0.5) is 0 Å². The molecule has 0 aromatic carbocycles. The highest BCUT2D eigenvalue weighted by Gasteiger charge is 2.32. The molecule has 0 atom stereocenters. The second kappa shape index (κ2) is 6.36. The Hall–Kier alpha value is -0.120. The van der Waals surface area contributed by atoms with Gasteiger partial charge in [-0.25, -0.2) is 0 Å². The maximum absolute atomic E-state index is 6.19. The molecule has 1 N–H and O–H groups in total. The lowest BCUT2D eigenvalue weighted by atomic mass is 9.78. The van der Waals surface area contributed by atoms with Crippen LogP contribution in [0.2, 0.25) is 0 Å². The van der Waals surface area contributed by atoms with E-state index in [1.54, 1.807) is 0 Å². The monoisotopic (exact) mass is 330 g/mol. The maximum atomic E-state index is 6.19. The van der Waals surface area contributed by atoms with Gasteiger partial charge in [0, 0.05) is 28.6 Å². The smallest absolute Gasteiger partial charge is 0.0542 e. The summed E-state index contributed by atoms with van der Waals surface area (Å²) in [6, 6.07) is 4.07. The summed E-state index contributed by atoms with van der Waals surface area (Å²) in [4.78, 5) is 4.39. The number of hydrogen-bond acceptors (Lipinski definition) is 2. The lowest BCUT2D eigenvalue weighted by Crippen LogP contribution is -2.49. The Morgan fingerprint density at radius 3 is 2.72 bits per heavy atom. The first-order valence-electron chi connectivity index (χ1n) is 6.55. The molecule has 1 aliphatic carbocycles. The Balaban J connectivity index is 1.92. The number of hydrogen-bond donors (Lipinski definition) is 1. The topological polar surface area (TPSA) is 24.9 Å². The van der Waals surface area contributed by atoms with Gasteiger partial charge in [0.15, 0.2) is 0 Å². The fourth-order valence-corrected chi connectivity index (χ4v) is 3.06. The summed E-state index contributed by atoms with van der Waals surface area (Å²) in [5.74, 6) is 1.53. The molecule has 1 fully saturated rings. The maximum Gasteiger partial charge on any atom is 0.0542 e. The van der Waals surface area contributed by atoms with Crippen LogP contribution in [-0.4, -0.2) is 16.4 Å². The van der Waals surface area contributed by atoms with E-state index in [1.165, 1.54) is 25.7 Å². The number of alkyl halides is 1. The summed E-state index contributed by atoms with van der Waals surface area (Å²) < 4.78 is 1.02. The van der Waals surface area contributed by atoms with Crippen molar-refractivity contribution < 1.29 is 0 Å². The number of pyridine rings is 1. The van der Waals surface area contributed by atoms with Crippen LogP contribution < -0.4 is 5.32 Å². The highest BCUT2D eigenvalue weighted by Crippen LogP contribution is 2.33. The van der Waals surface area contributed by atoms with E-state index in [2.05, 4.69) is 33.2 Å². The highest BCUT2D eigenvalue weighted by atomic mass is 79.9. The van der Waals surface area contributed by atoms with Crippen LogP contribution in [0.15, 0.2) is 22.8 Å². The molecule has 0 unspecified atom stereocenters. The molecule has 4 heteroatoms. The number of halogens is 2. The van der Waals surface area contributed by atoms with E-state index in [0.717, 1.165) is 22.6 Å². The summed E-state index contributed by atoms with van der Waals surface area (Å²) in [5, 5.41) is 3.63. The number of nitrogens with one attached hydrogen (secondary N) is 1. The van der Waals surface area contributed by atoms with E-state index in [-0.39, 0.29) is 5.54 Å². The lowest BCUT2D eigenvalue weighted by Gasteiger charge is -2.39. The van der Waals surface area contributed by atoms with E-state index in [0.29, 0.717) is 5.88 Å². The number of rotatable bonds is 4. The van der Waals surface area contributed by atoms with Gasteiger partial charge < -0.3 is 5.32 Å². The molecule has 1 aromatic rings. The summed E-state index contributed by atoms with van der Waals surface area (Å²) in [6.07, 6.45) is 6.73. The van der Waals surface area contributed by atoms with Gasteiger partial charge in [-0.2, -0.15) is 0 Å². The molecule has 2 rings (SSSR count). The number of nitrogens with zero attached hydrogens (tertiary/aromatic N) is 1. The highest BCUT2D eigenvalue weighted by molar-refractivity contribution is 9.10. The van der Waals surface area contributed by atoms with Crippen LogP contribution in [0, 0.1) is 5.92 Å². The molecule has 0 aliphatic heterocycles. The zero-order valence-electron chi connectivity index (χ0n) is 10.8. The predicted octanol–water partition coefficient (Wildman–Crippen LogP) is 4.12. The summed E-state index contributed by atoms with van der Waals surface area (Å²) in [7, 11) is 0. The Bertz CT molecular complexity index is 372. The molecule has 1 aromatic heterocycles. The standard InChI is InChI=1S/C14H20BrClN2/c1-11-4-6-14(10-16,7-5-11)18-9-13-3-2-12(15)8-17-13/h2-3,8,11,18H,4-7,9-10H2,1H3. The molecule has 1 saturated carbocycles. The van der Waals surface area contributed by atoms with Crippen molar-refractivity contribution in [1.82, 2.24) is 10.3 Å². The Morgan fingerprint density at radius 1 is 1.44 bits per heavy atom. The molecule has 100 valence electrons. The third-order valence-corrected chi connectivity index (χ3v) is 4.90. The molecule has 1 heterocycles. The van der Waals surface area contributed by atoms with Gasteiger partial charge in [0.1, 0.15) is 0 Å². The zero-order chi connectivity index (χ0) is 13.0. The molecule has 18 heavy (non-hydrogen) atoms. The first-order chi connectivity index (χ1) is 8.63. The largest absolute Gasteiger partial charge is 0.304 e. The average Bonchev–Trinajstić information content (AvgIpc) is 2.41. The third-order valence-electron chi connectivity index (χ3n) is 3.92. The minimum Gasteiger partial charge on any atom is -0.304 e. The molecule has 0 amide bonds. The molecular formula is C14H20BrClN2. The van der Waals surface area contributed by atoms with E-state index in [1.807, 2.05) is 18.3 Å². The average molecular weight is 332 g/mol. The minimum absolute atomic E-state index is 0.114. The van der Waals surface area contributed by atoms with Crippen LogP contribution in [-0.2, 0) is 6.54 Å². The second-order valence-corrected chi connectivity index (χ2v) is 6.60. The van der Waals surface area contributed by atoms with Crippen molar-refractivity contribution >= 4 is 27.5 Å². The van der Waals surface area contributed by atoms with Gasteiger partial charge in [0.25, 0.3) is 0 Å². The summed E-state index contributed by atoms with van der Waals surface area (Å²) in [5.41, 5.74) is 1.18. The van der Waals surface area contributed by atoms with Crippen molar-refractivity contribution in [2.75, 3.05) is 5.88 Å². The zero-order valence-corrected chi connectivity index (χ0v) is 13.1. The van der Waals surface area contributed by atoms with Gasteiger partial charge in [-0.3, -0.25) is 4.98 Å². The molecule has 0 saturated heterocycles. The van der Waals surface area contributed by atoms with E-state index < -0.39 is 0 Å². The summed E-state index contributed by atoms with van der Waals surface area (Å²) in [6.45, 7) is 3.13.